The molecular weight excluding hydrogens is 264 g/mol. The van der Waals surface area contributed by atoms with Crippen molar-refractivity contribution in [2.75, 3.05) is 14.2 Å². The highest BCUT2D eigenvalue weighted by Gasteiger charge is 2.26. The summed E-state index contributed by atoms with van der Waals surface area (Å²) < 4.78 is 16.5. The highest BCUT2D eigenvalue weighted by atomic mass is 16.8. The highest BCUT2D eigenvalue weighted by Crippen LogP contribution is 2.31. The molecule has 0 amide bonds. The molecule has 0 saturated heterocycles. The molecule has 0 aromatic heterocycles. The van der Waals surface area contributed by atoms with Gasteiger partial charge in [-0.1, -0.05) is 64.7 Å². The van der Waals surface area contributed by atoms with E-state index in [1.54, 1.807) is 14.2 Å². The molecule has 1 unspecified atom stereocenters. The topological polar surface area (TPSA) is 27.7 Å². The van der Waals surface area contributed by atoms with Gasteiger partial charge >= 0.3 is 0 Å². The first-order valence-electron chi connectivity index (χ1n) is 9.02. The predicted octanol–water partition coefficient (Wildman–Crippen LogP) is 5.28. The van der Waals surface area contributed by atoms with E-state index in [1.807, 2.05) is 0 Å². The second kappa shape index (κ2) is 12.4. The zero-order valence-electron chi connectivity index (χ0n) is 14.4. The number of unbranched alkanes of at least 4 members (excludes halogenated alkanes) is 5. The molecule has 0 N–H and O–H groups in total. The van der Waals surface area contributed by atoms with Crippen molar-refractivity contribution in [2.24, 2.45) is 5.92 Å². The van der Waals surface area contributed by atoms with E-state index in [0.717, 1.165) is 6.42 Å². The molecule has 0 aromatic rings. The first-order chi connectivity index (χ1) is 10.3. The van der Waals surface area contributed by atoms with Gasteiger partial charge < -0.3 is 14.2 Å². The summed E-state index contributed by atoms with van der Waals surface area (Å²) >= 11 is 0. The highest BCUT2D eigenvalue weighted by molar-refractivity contribution is 4.75. The SMILES string of the molecule is CCCCCCCCC(OC(OC)OC)C1CCCCC1. The second-order valence-corrected chi connectivity index (χ2v) is 6.39. The van der Waals surface area contributed by atoms with Crippen molar-refractivity contribution < 1.29 is 14.2 Å². The van der Waals surface area contributed by atoms with Crippen molar-refractivity contribution >= 4 is 0 Å². The quantitative estimate of drug-likeness (QED) is 0.362. The smallest absolute Gasteiger partial charge is 0.271 e. The third-order valence-corrected chi connectivity index (χ3v) is 4.69. The molecule has 0 aliphatic heterocycles. The van der Waals surface area contributed by atoms with Crippen molar-refractivity contribution in [3.8, 4) is 0 Å². The van der Waals surface area contributed by atoms with Gasteiger partial charge in [0.2, 0.25) is 0 Å². The monoisotopic (exact) mass is 300 g/mol. The van der Waals surface area contributed by atoms with Gasteiger partial charge in [-0.3, -0.25) is 0 Å². The molecule has 1 fully saturated rings. The van der Waals surface area contributed by atoms with Crippen LogP contribution in [0.15, 0.2) is 0 Å². The van der Waals surface area contributed by atoms with E-state index in [4.69, 9.17) is 14.2 Å². The van der Waals surface area contributed by atoms with Crippen molar-refractivity contribution in [1.29, 1.82) is 0 Å². The fraction of sp³-hybridized carbons (Fsp3) is 1.00. The standard InChI is InChI=1S/C18H36O3/c1-4-5-6-7-8-12-15-17(21-18(19-2)20-3)16-13-10-9-11-14-16/h16-18H,4-15H2,1-3H3. The van der Waals surface area contributed by atoms with Crippen LogP contribution in [0.1, 0.15) is 84.0 Å². The summed E-state index contributed by atoms with van der Waals surface area (Å²) in [6, 6.07) is 0. The molecule has 3 heteroatoms. The molecule has 1 atom stereocenters. The van der Waals surface area contributed by atoms with Gasteiger partial charge in [0.05, 0.1) is 6.10 Å². The Morgan fingerprint density at radius 1 is 0.857 bits per heavy atom. The van der Waals surface area contributed by atoms with E-state index in [1.165, 1.54) is 70.6 Å². The van der Waals surface area contributed by atoms with Crippen LogP contribution in [0.3, 0.4) is 0 Å². The Bertz CT molecular complexity index is 223. The minimum Gasteiger partial charge on any atom is -0.333 e. The van der Waals surface area contributed by atoms with E-state index in [0.29, 0.717) is 12.0 Å². The Balaban J connectivity index is 2.32. The lowest BCUT2D eigenvalue weighted by Crippen LogP contribution is -2.32. The molecule has 0 heterocycles. The zero-order valence-corrected chi connectivity index (χ0v) is 14.4. The van der Waals surface area contributed by atoms with Crippen LogP contribution in [-0.2, 0) is 14.2 Å². The molecule has 0 aromatic carbocycles. The average Bonchev–Trinajstić information content (AvgIpc) is 2.54. The molecule has 1 aliphatic rings. The largest absolute Gasteiger partial charge is 0.333 e. The maximum atomic E-state index is 6.07. The number of rotatable bonds is 12. The first kappa shape index (κ1) is 18.9. The normalized spacial score (nSPS) is 18.3. The maximum Gasteiger partial charge on any atom is 0.271 e. The van der Waals surface area contributed by atoms with Crippen LogP contribution in [0.25, 0.3) is 0 Å². The Kier molecular flexibility index (Phi) is 11.2. The lowest BCUT2D eigenvalue weighted by Gasteiger charge is -2.32. The number of methoxy groups -OCH3 is 2. The van der Waals surface area contributed by atoms with Gasteiger partial charge in [-0.15, -0.1) is 0 Å². The van der Waals surface area contributed by atoms with Crippen LogP contribution >= 0.6 is 0 Å². The summed E-state index contributed by atoms with van der Waals surface area (Å²) in [5.74, 6) is 0.696. The molecule has 1 aliphatic carbocycles. The Morgan fingerprint density at radius 2 is 1.48 bits per heavy atom. The average molecular weight is 300 g/mol. The first-order valence-corrected chi connectivity index (χ1v) is 9.02. The van der Waals surface area contributed by atoms with Gasteiger partial charge in [0.15, 0.2) is 0 Å². The summed E-state index contributed by atoms with van der Waals surface area (Å²) in [5.41, 5.74) is 0. The van der Waals surface area contributed by atoms with E-state index in [9.17, 15) is 0 Å². The predicted molar refractivity (Wildman–Crippen MR) is 87.2 cm³/mol. The van der Waals surface area contributed by atoms with Gasteiger partial charge in [0.1, 0.15) is 0 Å². The molecule has 126 valence electrons. The molecule has 0 bridgehead atoms. The molecule has 0 radical (unpaired) electrons. The number of hydrogen-bond donors (Lipinski definition) is 0. The van der Waals surface area contributed by atoms with Crippen LogP contribution in [0.5, 0.6) is 0 Å². The molecule has 1 rings (SSSR count). The zero-order chi connectivity index (χ0) is 15.3. The van der Waals surface area contributed by atoms with Crippen LogP contribution in [0, 0.1) is 5.92 Å². The van der Waals surface area contributed by atoms with Crippen molar-refractivity contribution in [2.45, 2.75) is 96.6 Å². The van der Waals surface area contributed by atoms with Crippen molar-refractivity contribution in [3.05, 3.63) is 0 Å². The third-order valence-electron chi connectivity index (χ3n) is 4.69. The fourth-order valence-electron chi connectivity index (χ4n) is 3.40. The van der Waals surface area contributed by atoms with E-state index in [-0.39, 0.29) is 0 Å². The van der Waals surface area contributed by atoms with Crippen molar-refractivity contribution in [3.63, 3.8) is 0 Å². The fourth-order valence-corrected chi connectivity index (χ4v) is 3.40. The van der Waals surface area contributed by atoms with Gasteiger partial charge in [0.25, 0.3) is 6.48 Å². The van der Waals surface area contributed by atoms with Gasteiger partial charge in [0, 0.05) is 14.2 Å². The second-order valence-electron chi connectivity index (χ2n) is 6.39. The summed E-state index contributed by atoms with van der Waals surface area (Å²) in [6.45, 7) is 1.76. The molecular formula is C18H36O3. The Hall–Kier alpha value is -0.120. The summed E-state index contributed by atoms with van der Waals surface area (Å²) in [7, 11) is 3.30. The van der Waals surface area contributed by atoms with E-state index < -0.39 is 6.48 Å². The summed E-state index contributed by atoms with van der Waals surface area (Å²) in [6.07, 6.45) is 16.2. The molecule has 3 nitrogen and oxygen atoms in total. The van der Waals surface area contributed by atoms with Crippen LogP contribution in [-0.4, -0.2) is 26.8 Å². The number of hydrogen-bond acceptors (Lipinski definition) is 3. The van der Waals surface area contributed by atoms with Gasteiger partial charge in [-0.25, -0.2) is 0 Å². The lowest BCUT2D eigenvalue weighted by atomic mass is 9.83. The van der Waals surface area contributed by atoms with E-state index in [2.05, 4.69) is 6.92 Å². The summed E-state index contributed by atoms with van der Waals surface area (Å²) in [5, 5.41) is 0. The Labute approximate surface area is 131 Å². The minimum absolute atomic E-state index is 0.307. The minimum atomic E-state index is -0.503. The molecule has 0 spiro atoms. The Morgan fingerprint density at radius 3 is 2.10 bits per heavy atom. The van der Waals surface area contributed by atoms with E-state index >= 15 is 0 Å². The maximum absolute atomic E-state index is 6.07. The third kappa shape index (κ3) is 8.18. The van der Waals surface area contributed by atoms with Gasteiger partial charge in [-0.05, 0) is 25.2 Å². The van der Waals surface area contributed by atoms with Gasteiger partial charge in [-0.2, -0.15) is 0 Å². The lowest BCUT2D eigenvalue weighted by molar-refractivity contribution is -0.292. The number of ether oxygens (including phenoxy) is 3. The van der Waals surface area contributed by atoms with Crippen LogP contribution < -0.4 is 0 Å². The molecule has 21 heavy (non-hydrogen) atoms. The van der Waals surface area contributed by atoms with Crippen LogP contribution in [0.4, 0.5) is 0 Å². The molecule has 1 saturated carbocycles. The summed E-state index contributed by atoms with van der Waals surface area (Å²) in [4.78, 5) is 0. The van der Waals surface area contributed by atoms with Crippen LogP contribution in [0.2, 0.25) is 0 Å². The van der Waals surface area contributed by atoms with Crippen molar-refractivity contribution in [1.82, 2.24) is 0 Å².